The van der Waals surface area contributed by atoms with Crippen LogP contribution in [-0.2, 0) is 0 Å². The van der Waals surface area contributed by atoms with E-state index in [1.807, 2.05) is 25.1 Å². The van der Waals surface area contributed by atoms with Crippen LogP contribution in [0.4, 0.5) is 0 Å². The van der Waals surface area contributed by atoms with E-state index in [0.717, 1.165) is 44.2 Å². The zero-order valence-corrected chi connectivity index (χ0v) is 12.3. The first-order chi connectivity index (χ1) is 9.74. The van der Waals surface area contributed by atoms with Crippen molar-refractivity contribution in [2.45, 2.75) is 6.92 Å². The standard InChI is InChI=1S/C15H11BrO4/c1-8-4-9(14-12(5-8)18-7-19-14)13-10(16)2-3-11-15(13)20-6-17-11/h2-5H,6-7H2,1H3. The van der Waals surface area contributed by atoms with Crippen molar-refractivity contribution in [2.24, 2.45) is 0 Å². The van der Waals surface area contributed by atoms with Gasteiger partial charge in [0, 0.05) is 15.6 Å². The predicted molar refractivity (Wildman–Crippen MR) is 76.6 cm³/mol. The van der Waals surface area contributed by atoms with Gasteiger partial charge < -0.3 is 18.9 Å². The van der Waals surface area contributed by atoms with Gasteiger partial charge in [-0.3, -0.25) is 0 Å². The van der Waals surface area contributed by atoms with Crippen LogP contribution in [0.25, 0.3) is 11.1 Å². The fourth-order valence-electron chi connectivity index (χ4n) is 2.53. The van der Waals surface area contributed by atoms with Gasteiger partial charge in [0.05, 0.1) is 0 Å². The highest BCUT2D eigenvalue weighted by Crippen LogP contribution is 2.51. The predicted octanol–water partition coefficient (Wildman–Crippen LogP) is 3.88. The van der Waals surface area contributed by atoms with Gasteiger partial charge in [-0.1, -0.05) is 15.9 Å². The second-order valence-electron chi connectivity index (χ2n) is 4.70. The monoisotopic (exact) mass is 334 g/mol. The Labute approximate surface area is 124 Å². The summed E-state index contributed by atoms with van der Waals surface area (Å²) in [6.07, 6.45) is 0. The first kappa shape index (κ1) is 11.9. The summed E-state index contributed by atoms with van der Waals surface area (Å²) in [6, 6.07) is 7.88. The van der Waals surface area contributed by atoms with Gasteiger partial charge in [0.2, 0.25) is 13.6 Å². The van der Waals surface area contributed by atoms with Gasteiger partial charge in [0.15, 0.2) is 23.0 Å². The number of fused-ring (bicyclic) bond motifs is 2. The molecule has 0 N–H and O–H groups in total. The summed E-state index contributed by atoms with van der Waals surface area (Å²) < 4.78 is 23.1. The Balaban J connectivity index is 2.02. The molecule has 0 radical (unpaired) electrons. The summed E-state index contributed by atoms with van der Waals surface area (Å²) >= 11 is 3.59. The van der Waals surface area contributed by atoms with E-state index in [4.69, 9.17) is 18.9 Å². The van der Waals surface area contributed by atoms with Gasteiger partial charge in [-0.05, 0) is 36.8 Å². The van der Waals surface area contributed by atoms with Crippen LogP contribution in [0.1, 0.15) is 5.56 Å². The molecule has 5 heteroatoms. The molecule has 0 unspecified atom stereocenters. The summed E-state index contributed by atoms with van der Waals surface area (Å²) in [4.78, 5) is 0. The second-order valence-corrected chi connectivity index (χ2v) is 5.56. The first-order valence-electron chi connectivity index (χ1n) is 6.23. The number of aryl methyl sites for hydroxylation is 1. The Morgan fingerprint density at radius 1 is 0.900 bits per heavy atom. The lowest BCUT2D eigenvalue weighted by molar-refractivity contribution is 0.173. The van der Waals surface area contributed by atoms with E-state index in [1.54, 1.807) is 0 Å². The summed E-state index contributed by atoms with van der Waals surface area (Å²) in [6.45, 7) is 2.51. The molecule has 2 heterocycles. The minimum Gasteiger partial charge on any atom is -0.454 e. The van der Waals surface area contributed by atoms with E-state index in [0.29, 0.717) is 0 Å². The lowest BCUT2D eigenvalue weighted by atomic mass is 10.0. The van der Waals surface area contributed by atoms with Crippen LogP contribution in [0.3, 0.4) is 0 Å². The van der Waals surface area contributed by atoms with E-state index in [1.165, 1.54) is 0 Å². The summed E-state index contributed by atoms with van der Waals surface area (Å²) in [7, 11) is 0. The molecule has 0 bridgehead atoms. The Kier molecular flexibility index (Phi) is 2.57. The molecule has 4 rings (SSSR count). The third-order valence-corrected chi connectivity index (χ3v) is 4.04. The molecule has 20 heavy (non-hydrogen) atoms. The van der Waals surface area contributed by atoms with E-state index >= 15 is 0 Å². The van der Waals surface area contributed by atoms with Gasteiger partial charge >= 0.3 is 0 Å². The molecule has 102 valence electrons. The van der Waals surface area contributed by atoms with Crippen molar-refractivity contribution >= 4 is 15.9 Å². The minimum atomic E-state index is 0.240. The quantitative estimate of drug-likeness (QED) is 0.793. The zero-order chi connectivity index (χ0) is 13.7. The van der Waals surface area contributed by atoms with Crippen LogP contribution < -0.4 is 18.9 Å². The number of rotatable bonds is 1. The van der Waals surface area contributed by atoms with Crippen LogP contribution in [0.15, 0.2) is 28.7 Å². The average molecular weight is 335 g/mol. The van der Waals surface area contributed by atoms with Gasteiger partial charge in [-0.25, -0.2) is 0 Å². The number of ether oxygens (including phenoxy) is 4. The third-order valence-electron chi connectivity index (χ3n) is 3.37. The lowest BCUT2D eigenvalue weighted by Crippen LogP contribution is -1.95. The minimum absolute atomic E-state index is 0.240. The third kappa shape index (κ3) is 1.66. The molecule has 2 aliphatic heterocycles. The summed E-state index contributed by atoms with van der Waals surface area (Å²) in [5.41, 5.74) is 2.99. The molecule has 0 atom stereocenters. The molecule has 2 aliphatic rings. The summed E-state index contributed by atoms with van der Waals surface area (Å²) in [5.74, 6) is 3.00. The van der Waals surface area contributed by atoms with Gasteiger partial charge in [0.1, 0.15) is 0 Å². The van der Waals surface area contributed by atoms with E-state index < -0.39 is 0 Å². The van der Waals surface area contributed by atoms with E-state index in [2.05, 4.69) is 22.0 Å². The highest BCUT2D eigenvalue weighted by molar-refractivity contribution is 9.10. The molecule has 0 amide bonds. The normalized spacial score (nSPS) is 14.7. The average Bonchev–Trinajstić information content (AvgIpc) is 3.05. The first-order valence-corrected chi connectivity index (χ1v) is 7.02. The Bertz CT molecular complexity index is 712. The van der Waals surface area contributed by atoms with Crippen LogP contribution in [0.5, 0.6) is 23.0 Å². The highest BCUT2D eigenvalue weighted by Gasteiger charge is 2.27. The van der Waals surface area contributed by atoms with Crippen molar-refractivity contribution in [3.63, 3.8) is 0 Å². The Morgan fingerprint density at radius 2 is 1.65 bits per heavy atom. The van der Waals surface area contributed by atoms with Crippen LogP contribution in [-0.4, -0.2) is 13.6 Å². The molecular formula is C15H11BrO4. The van der Waals surface area contributed by atoms with E-state index in [-0.39, 0.29) is 13.6 Å². The molecule has 0 saturated heterocycles. The number of benzene rings is 2. The fourth-order valence-corrected chi connectivity index (χ4v) is 3.06. The highest BCUT2D eigenvalue weighted by atomic mass is 79.9. The molecule has 0 fully saturated rings. The zero-order valence-electron chi connectivity index (χ0n) is 10.7. The Hall–Kier alpha value is -1.88. The SMILES string of the molecule is Cc1cc2c(c(-c3c(Br)ccc4c3OCO4)c1)OCO2. The number of hydrogen-bond acceptors (Lipinski definition) is 4. The maximum Gasteiger partial charge on any atom is 0.231 e. The molecule has 0 spiro atoms. The number of hydrogen-bond donors (Lipinski definition) is 0. The smallest absolute Gasteiger partial charge is 0.231 e. The molecular weight excluding hydrogens is 324 g/mol. The van der Waals surface area contributed by atoms with Gasteiger partial charge in [0.25, 0.3) is 0 Å². The molecule has 2 aromatic carbocycles. The molecule has 4 nitrogen and oxygen atoms in total. The van der Waals surface area contributed by atoms with Crippen molar-refractivity contribution in [2.75, 3.05) is 13.6 Å². The molecule has 0 aliphatic carbocycles. The van der Waals surface area contributed by atoms with Crippen molar-refractivity contribution < 1.29 is 18.9 Å². The van der Waals surface area contributed by atoms with Crippen molar-refractivity contribution in [3.05, 3.63) is 34.3 Å². The lowest BCUT2D eigenvalue weighted by Gasteiger charge is -2.12. The topological polar surface area (TPSA) is 36.9 Å². The molecule has 0 saturated carbocycles. The Morgan fingerprint density at radius 3 is 2.50 bits per heavy atom. The van der Waals surface area contributed by atoms with Gasteiger partial charge in [-0.15, -0.1) is 0 Å². The van der Waals surface area contributed by atoms with Crippen molar-refractivity contribution in [1.82, 2.24) is 0 Å². The van der Waals surface area contributed by atoms with Crippen LogP contribution >= 0.6 is 15.9 Å². The number of halogens is 1. The fraction of sp³-hybridized carbons (Fsp3) is 0.200. The van der Waals surface area contributed by atoms with Gasteiger partial charge in [-0.2, -0.15) is 0 Å². The molecule has 0 aromatic heterocycles. The molecule has 2 aromatic rings. The second kappa shape index (κ2) is 4.31. The maximum atomic E-state index is 5.62. The van der Waals surface area contributed by atoms with Crippen molar-refractivity contribution in [1.29, 1.82) is 0 Å². The van der Waals surface area contributed by atoms with Crippen molar-refractivity contribution in [3.8, 4) is 34.1 Å². The van der Waals surface area contributed by atoms with E-state index in [9.17, 15) is 0 Å². The van der Waals surface area contributed by atoms with Crippen LogP contribution in [0, 0.1) is 6.92 Å². The maximum absolute atomic E-state index is 5.62. The summed E-state index contributed by atoms with van der Waals surface area (Å²) in [5, 5.41) is 0. The van der Waals surface area contributed by atoms with Crippen LogP contribution in [0.2, 0.25) is 0 Å². The largest absolute Gasteiger partial charge is 0.454 e.